The van der Waals surface area contributed by atoms with Crippen molar-refractivity contribution in [2.75, 3.05) is 13.2 Å². The van der Waals surface area contributed by atoms with Gasteiger partial charge in [-0.25, -0.2) is 0 Å². The summed E-state index contributed by atoms with van der Waals surface area (Å²) < 4.78 is 60.2. The van der Waals surface area contributed by atoms with Gasteiger partial charge in [0.05, 0.1) is 0 Å². The van der Waals surface area contributed by atoms with Gasteiger partial charge in [0.2, 0.25) is 0 Å². The molecule has 10 atom stereocenters. The maximum atomic E-state index is 13.6. The van der Waals surface area contributed by atoms with Crippen molar-refractivity contribution >= 4 is 41.8 Å². The van der Waals surface area contributed by atoms with E-state index in [1.807, 2.05) is 48.5 Å². The van der Waals surface area contributed by atoms with Crippen LogP contribution in [0.4, 0.5) is 0 Å². The Morgan fingerprint density at radius 2 is 0.662 bits per heavy atom. The molecule has 0 bridgehead atoms. The molecule has 0 aliphatic carbocycles. The fraction of sp³-hybridized carbons (Fsp3) is 0.851. The Morgan fingerprint density at radius 3 is 1.03 bits per heavy atom. The molecular formula is C47H78O18. The largest absolute Gasteiger partial charge is 0.463 e. The molecule has 374 valence electrons. The first-order valence-electron chi connectivity index (χ1n) is 24.2. The van der Waals surface area contributed by atoms with Crippen LogP contribution in [0.3, 0.4) is 0 Å². The summed E-state index contributed by atoms with van der Waals surface area (Å²) in [5.74, 6) is -4.79. The lowest BCUT2D eigenvalue weighted by Crippen LogP contribution is -2.67. The Hall–Kier alpha value is -3.87. The zero-order chi connectivity index (χ0) is 48.1. The Labute approximate surface area is 385 Å². The van der Waals surface area contributed by atoms with Crippen molar-refractivity contribution in [3.63, 3.8) is 0 Å². The van der Waals surface area contributed by atoms with Crippen LogP contribution >= 0.6 is 0 Å². The third-order valence-corrected chi connectivity index (χ3v) is 10.8. The summed E-state index contributed by atoms with van der Waals surface area (Å²) in [6.45, 7) is 12.1. The summed E-state index contributed by atoms with van der Waals surface area (Å²) in [4.78, 5) is 93.1. The molecule has 2 aliphatic heterocycles. The second-order valence-corrected chi connectivity index (χ2v) is 16.6. The molecule has 2 fully saturated rings. The zero-order valence-corrected chi connectivity index (χ0v) is 39.9. The fourth-order valence-corrected chi connectivity index (χ4v) is 6.93. The molecule has 0 saturated carbocycles. The van der Waals surface area contributed by atoms with E-state index in [-0.39, 0.29) is 44.9 Å². The lowest BCUT2D eigenvalue weighted by Gasteiger charge is -2.48. The topological polar surface area (TPSA) is 232 Å². The number of aliphatic hydroxyl groups is 1. The van der Waals surface area contributed by atoms with E-state index in [0.29, 0.717) is 89.9 Å². The summed E-state index contributed by atoms with van der Waals surface area (Å²) >= 11 is 0. The average Bonchev–Trinajstić information content (AvgIpc) is 3.28. The highest BCUT2D eigenvalue weighted by Gasteiger charge is 2.57. The normalized spacial score (nSPS) is 25.2. The lowest BCUT2D eigenvalue weighted by atomic mass is 9.95. The van der Waals surface area contributed by atoms with Crippen LogP contribution < -0.4 is 0 Å². The first-order chi connectivity index (χ1) is 31.3. The van der Waals surface area contributed by atoms with E-state index in [4.69, 9.17) is 47.4 Å². The molecular weight excluding hydrogens is 852 g/mol. The van der Waals surface area contributed by atoms with Gasteiger partial charge in [-0.1, -0.05) is 93.4 Å². The smallest absolute Gasteiger partial charge is 0.306 e. The van der Waals surface area contributed by atoms with E-state index < -0.39 is 116 Å². The third kappa shape index (κ3) is 21.1. The molecule has 0 radical (unpaired) electrons. The number of carbonyl (C=O) groups excluding carboxylic acids is 7. The molecule has 2 aliphatic rings. The second-order valence-electron chi connectivity index (χ2n) is 16.6. The van der Waals surface area contributed by atoms with Crippen molar-refractivity contribution in [1.29, 1.82) is 0 Å². The van der Waals surface area contributed by atoms with Crippen LogP contribution in [0.15, 0.2) is 0 Å². The van der Waals surface area contributed by atoms with Crippen LogP contribution in [0, 0.1) is 0 Å². The summed E-state index contributed by atoms with van der Waals surface area (Å²) in [7, 11) is 0. The van der Waals surface area contributed by atoms with Crippen LogP contribution in [0.2, 0.25) is 0 Å². The van der Waals surface area contributed by atoms with Gasteiger partial charge in [-0.2, -0.15) is 0 Å². The van der Waals surface area contributed by atoms with E-state index >= 15 is 0 Å². The molecule has 0 spiro atoms. The molecule has 2 heterocycles. The van der Waals surface area contributed by atoms with Crippen molar-refractivity contribution < 1.29 is 86.0 Å². The van der Waals surface area contributed by atoms with Crippen molar-refractivity contribution in [2.45, 2.75) is 245 Å². The highest BCUT2D eigenvalue weighted by molar-refractivity contribution is 5.73. The number of carbonyl (C=O) groups is 7. The van der Waals surface area contributed by atoms with Gasteiger partial charge in [-0.15, -0.1) is 0 Å². The van der Waals surface area contributed by atoms with Crippen molar-refractivity contribution in [2.24, 2.45) is 0 Å². The Bertz CT molecular complexity index is 1440. The summed E-state index contributed by atoms with van der Waals surface area (Å²) in [6, 6.07) is 0. The highest BCUT2D eigenvalue weighted by Crippen LogP contribution is 2.36. The van der Waals surface area contributed by atoms with Crippen molar-refractivity contribution in [3.05, 3.63) is 0 Å². The molecule has 0 aromatic carbocycles. The number of esters is 7. The van der Waals surface area contributed by atoms with Crippen LogP contribution in [0.5, 0.6) is 0 Å². The predicted molar refractivity (Wildman–Crippen MR) is 232 cm³/mol. The maximum Gasteiger partial charge on any atom is 0.306 e. The van der Waals surface area contributed by atoms with Crippen molar-refractivity contribution in [3.8, 4) is 0 Å². The lowest BCUT2D eigenvalue weighted by molar-refractivity contribution is -0.357. The van der Waals surface area contributed by atoms with Gasteiger partial charge in [0.25, 0.3) is 0 Å². The summed E-state index contributed by atoms with van der Waals surface area (Å²) in [5.41, 5.74) is 0. The minimum Gasteiger partial charge on any atom is -0.463 e. The van der Waals surface area contributed by atoms with Gasteiger partial charge in [-0.3, -0.25) is 33.6 Å². The molecule has 0 aromatic rings. The van der Waals surface area contributed by atoms with Gasteiger partial charge in [-0.05, 0) is 44.9 Å². The van der Waals surface area contributed by atoms with E-state index in [2.05, 4.69) is 0 Å². The number of aliphatic hydroxyl groups excluding tert-OH is 1. The Morgan fingerprint density at radius 1 is 0.369 bits per heavy atom. The Balaban J connectivity index is 2.90. The van der Waals surface area contributed by atoms with Gasteiger partial charge < -0.3 is 52.5 Å². The molecule has 2 unspecified atom stereocenters. The maximum absolute atomic E-state index is 13.6. The van der Waals surface area contributed by atoms with E-state index in [1.165, 1.54) is 0 Å². The quantitative estimate of drug-likeness (QED) is 0.0540. The first kappa shape index (κ1) is 57.3. The van der Waals surface area contributed by atoms with Gasteiger partial charge >= 0.3 is 41.8 Å². The van der Waals surface area contributed by atoms with Crippen molar-refractivity contribution in [1.82, 2.24) is 0 Å². The summed E-state index contributed by atoms with van der Waals surface area (Å²) in [6.07, 6.45) is -8.54. The molecule has 1 N–H and O–H groups in total. The van der Waals surface area contributed by atoms with Crippen LogP contribution in [0.1, 0.15) is 183 Å². The number of ether oxygens (including phenoxy) is 10. The highest BCUT2D eigenvalue weighted by atomic mass is 16.8. The van der Waals surface area contributed by atoms with Crippen LogP contribution in [-0.2, 0) is 80.9 Å². The van der Waals surface area contributed by atoms with E-state index in [0.717, 1.165) is 0 Å². The molecule has 0 amide bonds. The fourth-order valence-electron chi connectivity index (χ4n) is 6.93. The SMILES string of the molecule is CCCCC(=O)OC[C@H]1OC(O[C@H]2[C@H](OC(=O)CCCC)[C@@H](OC(=O)CCCC)C(O)O[C@@H]2COC(=O)CCCC)[C@H](OC(=O)CCCC)[C@@H](OC(=O)CCCC)[C@H]1OC(=O)CCCC. The van der Waals surface area contributed by atoms with E-state index in [9.17, 15) is 38.7 Å². The first-order valence-corrected chi connectivity index (χ1v) is 24.2. The monoisotopic (exact) mass is 931 g/mol. The van der Waals surface area contributed by atoms with E-state index in [1.54, 1.807) is 0 Å². The molecule has 18 heteroatoms. The standard InChI is InChI=1S/C47H78O18/c1-8-15-22-33(48)56-29-31-41(42(61-36(51)25-18-11-4)44(46(55)58-31)63-38(53)27-20-13-6)65-47-45(64-39(54)28-21-14-7)43(62-37(52)26-19-12-5)40(60-35(50)24-17-10-3)32(59-47)30-57-34(49)23-16-9-2/h31-32,40-47,55H,8-30H2,1-7H3/t31-,32-,40+,41-,42+,43+,44-,45-,46?,47?/m1/s1. The van der Waals surface area contributed by atoms with Crippen LogP contribution in [0.25, 0.3) is 0 Å². The van der Waals surface area contributed by atoms with Crippen LogP contribution in [-0.4, -0.2) is 122 Å². The second kappa shape index (κ2) is 32.7. The number of hydrogen-bond donors (Lipinski definition) is 1. The predicted octanol–water partition coefficient (Wildman–Crippen LogP) is 6.79. The third-order valence-electron chi connectivity index (χ3n) is 10.8. The number of rotatable bonds is 32. The van der Waals surface area contributed by atoms with Gasteiger partial charge in [0, 0.05) is 44.9 Å². The average molecular weight is 931 g/mol. The minimum atomic E-state index is -1.91. The van der Waals surface area contributed by atoms with Gasteiger partial charge in [0.15, 0.2) is 43.1 Å². The molecule has 65 heavy (non-hydrogen) atoms. The minimum absolute atomic E-state index is 0.0166. The number of unbranched alkanes of at least 4 members (excludes halogenated alkanes) is 7. The Kier molecular flexibility index (Phi) is 28.8. The molecule has 2 rings (SSSR count). The van der Waals surface area contributed by atoms with Gasteiger partial charge in [0.1, 0.15) is 31.5 Å². The molecule has 2 saturated heterocycles. The molecule has 18 nitrogen and oxygen atoms in total. The zero-order valence-electron chi connectivity index (χ0n) is 39.9. The number of hydrogen-bond acceptors (Lipinski definition) is 18. The summed E-state index contributed by atoms with van der Waals surface area (Å²) in [5, 5.41) is 11.4. The molecule has 0 aromatic heterocycles.